The van der Waals surface area contributed by atoms with E-state index in [0.717, 1.165) is 53.0 Å². The second-order valence-electron chi connectivity index (χ2n) is 11.1. The van der Waals surface area contributed by atoms with Gasteiger partial charge in [0, 0.05) is 29.3 Å². The van der Waals surface area contributed by atoms with E-state index in [0.29, 0.717) is 24.3 Å². The van der Waals surface area contributed by atoms with Gasteiger partial charge < -0.3 is 15.1 Å². The van der Waals surface area contributed by atoms with Gasteiger partial charge in [0.2, 0.25) is 0 Å². The number of nitriles is 1. The normalized spacial score (nSPS) is 19.9. The summed E-state index contributed by atoms with van der Waals surface area (Å²) in [7, 11) is 0. The van der Waals surface area contributed by atoms with E-state index in [1.54, 1.807) is 20.0 Å². The van der Waals surface area contributed by atoms with Crippen molar-refractivity contribution in [3.05, 3.63) is 89.4 Å². The van der Waals surface area contributed by atoms with E-state index in [1.807, 2.05) is 42.6 Å². The minimum atomic E-state index is -0.953. The molecule has 2 aromatic heterocycles. The van der Waals surface area contributed by atoms with Crippen LogP contribution >= 0.6 is 0 Å². The Hall–Kier alpha value is -3.79. The van der Waals surface area contributed by atoms with Gasteiger partial charge >= 0.3 is 0 Å². The number of piperidine rings is 1. The number of hydrogen-bond donors (Lipinski definition) is 2. The summed E-state index contributed by atoms with van der Waals surface area (Å²) in [6.07, 6.45) is 7.00. The molecule has 2 aromatic carbocycles. The number of aliphatic hydroxyl groups excluding tert-OH is 1. The smallest absolute Gasteiger partial charge is 0.0991 e. The predicted octanol–water partition coefficient (Wildman–Crippen LogP) is 5.98. The number of hydrogen-bond acceptors (Lipinski definition) is 6. The number of fused-ring (bicyclic) bond motifs is 1. The van der Waals surface area contributed by atoms with Crippen LogP contribution in [0.3, 0.4) is 0 Å². The quantitative estimate of drug-likeness (QED) is 0.348. The van der Waals surface area contributed by atoms with Crippen molar-refractivity contribution < 1.29 is 10.2 Å². The summed E-state index contributed by atoms with van der Waals surface area (Å²) >= 11 is 0. The lowest BCUT2D eigenvalue weighted by Crippen LogP contribution is -2.40. The fourth-order valence-corrected chi connectivity index (χ4v) is 5.70. The van der Waals surface area contributed by atoms with E-state index in [9.17, 15) is 15.5 Å². The van der Waals surface area contributed by atoms with Gasteiger partial charge in [-0.15, -0.1) is 0 Å². The number of aliphatic hydroxyl groups is 2. The molecular weight excluding hydrogens is 472 g/mol. The standard InChI is InChI=1S/C32H32N4O2/c1-32(2,38)23-12-13-27(34-18-23)28-16-24(37)14-15-36(28)29-19-35-31-25(21-8-6-20(17-33)7-9-21)4-3-5-26(31)30(29)22-10-11-22/h3-9,12-13,18-19,22,24,28,37-38H,10-11,14-16H2,1-2H3. The molecule has 2 fully saturated rings. The molecule has 1 saturated carbocycles. The van der Waals surface area contributed by atoms with Crippen LogP contribution < -0.4 is 4.90 Å². The molecule has 6 heteroatoms. The summed E-state index contributed by atoms with van der Waals surface area (Å²) < 4.78 is 0. The van der Waals surface area contributed by atoms with Gasteiger partial charge in [0.15, 0.2) is 0 Å². The van der Waals surface area contributed by atoms with Crippen LogP contribution in [0.1, 0.15) is 73.9 Å². The minimum absolute atomic E-state index is 0.0759. The van der Waals surface area contributed by atoms with E-state index in [4.69, 9.17) is 9.97 Å². The Bertz CT molecular complexity index is 1510. The van der Waals surface area contributed by atoms with Crippen LogP contribution in [-0.4, -0.2) is 32.8 Å². The SMILES string of the molecule is CC(C)(O)c1ccc(C2CC(O)CCN2c2cnc3c(-c4ccc(C#N)cc4)cccc3c2C2CC2)nc1. The zero-order valence-corrected chi connectivity index (χ0v) is 21.8. The molecular formula is C32H32N4O2. The van der Waals surface area contributed by atoms with E-state index in [-0.39, 0.29) is 12.1 Å². The largest absolute Gasteiger partial charge is 0.393 e. The average molecular weight is 505 g/mol. The van der Waals surface area contributed by atoms with Crippen molar-refractivity contribution in [3.8, 4) is 17.2 Å². The van der Waals surface area contributed by atoms with Gasteiger partial charge in [0.05, 0.1) is 52.5 Å². The molecule has 1 saturated heterocycles. The third-order valence-electron chi connectivity index (χ3n) is 7.95. The van der Waals surface area contributed by atoms with Crippen LogP contribution in [0.2, 0.25) is 0 Å². The average Bonchev–Trinajstić information content (AvgIpc) is 3.77. The molecule has 4 aromatic rings. The van der Waals surface area contributed by atoms with Crippen molar-refractivity contribution in [2.24, 2.45) is 0 Å². The van der Waals surface area contributed by atoms with Crippen molar-refractivity contribution in [1.29, 1.82) is 5.26 Å². The van der Waals surface area contributed by atoms with Crippen LogP contribution in [0.25, 0.3) is 22.0 Å². The maximum Gasteiger partial charge on any atom is 0.0991 e. The predicted molar refractivity (Wildman–Crippen MR) is 149 cm³/mol. The number of pyridine rings is 2. The highest BCUT2D eigenvalue weighted by Gasteiger charge is 2.36. The number of rotatable bonds is 5. The van der Waals surface area contributed by atoms with Gasteiger partial charge in [-0.25, -0.2) is 0 Å². The summed E-state index contributed by atoms with van der Waals surface area (Å²) in [4.78, 5) is 12.1. The lowest BCUT2D eigenvalue weighted by Gasteiger charge is -2.40. The van der Waals surface area contributed by atoms with E-state index < -0.39 is 5.60 Å². The topological polar surface area (TPSA) is 93.3 Å². The maximum absolute atomic E-state index is 10.6. The number of aromatic nitrogens is 2. The molecule has 3 heterocycles. The zero-order chi connectivity index (χ0) is 26.4. The van der Waals surface area contributed by atoms with Crippen LogP contribution in [0.15, 0.2) is 67.0 Å². The lowest BCUT2D eigenvalue weighted by molar-refractivity contribution is 0.0781. The zero-order valence-electron chi connectivity index (χ0n) is 21.8. The van der Waals surface area contributed by atoms with E-state index in [1.165, 1.54) is 10.9 Å². The molecule has 192 valence electrons. The first-order chi connectivity index (χ1) is 18.3. The summed E-state index contributed by atoms with van der Waals surface area (Å²) in [5.41, 5.74) is 6.90. The van der Waals surface area contributed by atoms with Crippen molar-refractivity contribution in [3.63, 3.8) is 0 Å². The van der Waals surface area contributed by atoms with Crippen LogP contribution in [0.5, 0.6) is 0 Å². The molecule has 0 spiro atoms. The first kappa shape index (κ1) is 24.5. The van der Waals surface area contributed by atoms with Gasteiger partial charge in [-0.2, -0.15) is 5.26 Å². The Balaban J connectivity index is 1.45. The molecule has 0 amide bonds. The highest BCUT2D eigenvalue weighted by molar-refractivity contribution is 5.98. The molecule has 2 unspecified atom stereocenters. The molecule has 6 nitrogen and oxygen atoms in total. The van der Waals surface area contributed by atoms with Gasteiger partial charge in [-0.3, -0.25) is 9.97 Å². The third-order valence-corrected chi connectivity index (χ3v) is 7.95. The molecule has 1 aliphatic carbocycles. The maximum atomic E-state index is 10.6. The first-order valence-corrected chi connectivity index (χ1v) is 13.4. The van der Waals surface area contributed by atoms with Crippen molar-refractivity contribution in [2.75, 3.05) is 11.4 Å². The number of benzene rings is 2. The van der Waals surface area contributed by atoms with Crippen molar-refractivity contribution >= 4 is 16.6 Å². The fraction of sp³-hybridized carbons (Fsp3) is 0.344. The van der Waals surface area contributed by atoms with Crippen molar-refractivity contribution in [1.82, 2.24) is 9.97 Å². The Morgan fingerprint density at radius 1 is 0.974 bits per heavy atom. The Morgan fingerprint density at radius 2 is 1.76 bits per heavy atom. The molecule has 1 aliphatic heterocycles. The molecule has 0 bridgehead atoms. The van der Waals surface area contributed by atoms with Gasteiger partial charge in [0.25, 0.3) is 0 Å². The molecule has 2 atom stereocenters. The summed E-state index contributed by atoms with van der Waals surface area (Å²) in [6.45, 7) is 4.24. The number of para-hydroxylation sites is 1. The first-order valence-electron chi connectivity index (χ1n) is 13.4. The van der Waals surface area contributed by atoms with Crippen LogP contribution in [0, 0.1) is 11.3 Å². The molecule has 2 N–H and O–H groups in total. The van der Waals surface area contributed by atoms with E-state index >= 15 is 0 Å². The van der Waals surface area contributed by atoms with Crippen molar-refractivity contribution in [2.45, 2.75) is 63.2 Å². The summed E-state index contributed by atoms with van der Waals surface area (Å²) in [5, 5.41) is 31.4. The molecule has 6 rings (SSSR count). The lowest BCUT2D eigenvalue weighted by atomic mass is 9.92. The highest BCUT2D eigenvalue weighted by Crippen LogP contribution is 2.50. The van der Waals surface area contributed by atoms with Gasteiger partial charge in [-0.1, -0.05) is 36.4 Å². The highest BCUT2D eigenvalue weighted by atomic mass is 16.3. The molecule has 0 radical (unpaired) electrons. The van der Waals surface area contributed by atoms with E-state index in [2.05, 4.69) is 29.2 Å². The summed E-state index contributed by atoms with van der Waals surface area (Å²) in [5.74, 6) is 0.490. The van der Waals surface area contributed by atoms with Gasteiger partial charge in [0.1, 0.15) is 0 Å². The number of anilines is 1. The number of nitrogens with zero attached hydrogens (tertiary/aromatic N) is 4. The molecule has 38 heavy (non-hydrogen) atoms. The monoisotopic (exact) mass is 504 g/mol. The second kappa shape index (κ2) is 9.50. The third kappa shape index (κ3) is 4.53. The van der Waals surface area contributed by atoms with Crippen LogP contribution in [-0.2, 0) is 5.60 Å². The Morgan fingerprint density at radius 3 is 2.42 bits per heavy atom. The van der Waals surface area contributed by atoms with Crippen LogP contribution in [0.4, 0.5) is 5.69 Å². The Kier molecular flexibility index (Phi) is 6.14. The molecule has 2 aliphatic rings. The second-order valence-corrected chi connectivity index (χ2v) is 11.1. The minimum Gasteiger partial charge on any atom is -0.393 e. The van der Waals surface area contributed by atoms with Gasteiger partial charge in [-0.05, 0) is 74.8 Å². The summed E-state index contributed by atoms with van der Waals surface area (Å²) in [6, 6.07) is 20.1. The fourth-order valence-electron chi connectivity index (χ4n) is 5.70. The Labute approximate surface area is 223 Å².